The summed E-state index contributed by atoms with van der Waals surface area (Å²) in [7, 11) is 0. The fourth-order valence-corrected chi connectivity index (χ4v) is 1.12. The number of nitrogens with zero attached hydrogens (tertiary/aromatic N) is 1. The van der Waals surface area contributed by atoms with Crippen molar-refractivity contribution < 1.29 is 9.53 Å². The molecule has 3 nitrogen and oxygen atoms in total. The van der Waals surface area contributed by atoms with E-state index >= 15 is 0 Å². The van der Waals surface area contributed by atoms with Crippen molar-refractivity contribution in [2.75, 3.05) is 0 Å². The number of rotatable bonds is 2. The number of alkyl halides is 1. The molecule has 0 bridgehead atoms. The molecule has 4 heteroatoms. The van der Waals surface area contributed by atoms with E-state index in [-0.39, 0.29) is 0 Å². The maximum Gasteiger partial charge on any atom is 0.358 e. The standard InChI is InChI=1S/C10H12ClNO2/c1-6-4-5-12-9(7(6)2)10(13)14-8(3)11/h4-5,8H,1-3H3. The van der Waals surface area contributed by atoms with Gasteiger partial charge in [0, 0.05) is 6.20 Å². The topological polar surface area (TPSA) is 39.2 Å². The van der Waals surface area contributed by atoms with Gasteiger partial charge >= 0.3 is 5.97 Å². The number of hydrogen-bond donors (Lipinski definition) is 0. The molecule has 1 atom stereocenters. The lowest BCUT2D eigenvalue weighted by atomic mass is 10.1. The number of ether oxygens (including phenoxy) is 1. The van der Waals surface area contributed by atoms with Crippen molar-refractivity contribution >= 4 is 17.6 Å². The van der Waals surface area contributed by atoms with E-state index in [1.165, 1.54) is 0 Å². The van der Waals surface area contributed by atoms with Crippen LogP contribution in [0, 0.1) is 13.8 Å². The molecular weight excluding hydrogens is 202 g/mol. The van der Waals surface area contributed by atoms with Gasteiger partial charge in [0.15, 0.2) is 11.3 Å². The van der Waals surface area contributed by atoms with Crippen LogP contribution in [0.2, 0.25) is 0 Å². The highest BCUT2D eigenvalue weighted by Crippen LogP contribution is 2.12. The molecule has 1 aromatic rings. The number of carbonyl (C=O) groups excluding carboxylic acids is 1. The molecule has 0 aliphatic rings. The Morgan fingerprint density at radius 3 is 2.79 bits per heavy atom. The number of hydrogen-bond acceptors (Lipinski definition) is 3. The highest BCUT2D eigenvalue weighted by Gasteiger charge is 2.14. The first-order chi connectivity index (χ1) is 6.52. The van der Waals surface area contributed by atoms with Crippen molar-refractivity contribution in [2.45, 2.75) is 26.3 Å². The van der Waals surface area contributed by atoms with Crippen molar-refractivity contribution in [3.8, 4) is 0 Å². The lowest BCUT2D eigenvalue weighted by Crippen LogP contribution is -2.13. The summed E-state index contributed by atoms with van der Waals surface area (Å²) in [6, 6.07) is 1.84. The van der Waals surface area contributed by atoms with Crippen LogP contribution in [-0.2, 0) is 4.74 Å². The van der Waals surface area contributed by atoms with Crippen LogP contribution in [0.15, 0.2) is 12.3 Å². The van der Waals surface area contributed by atoms with Crippen LogP contribution < -0.4 is 0 Å². The first-order valence-electron chi connectivity index (χ1n) is 4.29. The smallest absolute Gasteiger partial charge is 0.358 e. The zero-order chi connectivity index (χ0) is 10.7. The third-order valence-corrected chi connectivity index (χ3v) is 2.03. The number of aryl methyl sites for hydroxylation is 1. The summed E-state index contributed by atoms with van der Waals surface area (Å²) in [5.41, 5.74) is 1.53. The molecule has 0 N–H and O–H groups in total. The van der Waals surface area contributed by atoms with Crippen LogP contribution >= 0.6 is 11.6 Å². The SMILES string of the molecule is Cc1ccnc(C(=O)OC(C)Cl)c1C. The third-order valence-electron chi connectivity index (χ3n) is 1.94. The average molecular weight is 214 g/mol. The minimum Gasteiger partial charge on any atom is -0.442 e. The summed E-state index contributed by atoms with van der Waals surface area (Å²) in [5, 5.41) is 0. The molecule has 76 valence electrons. The van der Waals surface area contributed by atoms with Gasteiger partial charge in [-0.05, 0) is 38.0 Å². The van der Waals surface area contributed by atoms with Gasteiger partial charge in [0.05, 0.1) is 0 Å². The van der Waals surface area contributed by atoms with Crippen molar-refractivity contribution in [3.05, 3.63) is 29.1 Å². The van der Waals surface area contributed by atoms with Crippen LogP contribution in [-0.4, -0.2) is 16.5 Å². The van der Waals surface area contributed by atoms with Crippen molar-refractivity contribution in [1.29, 1.82) is 0 Å². The molecular formula is C10H12ClNO2. The molecule has 0 spiro atoms. The van der Waals surface area contributed by atoms with Crippen molar-refractivity contribution in [1.82, 2.24) is 4.98 Å². The Morgan fingerprint density at radius 2 is 2.21 bits per heavy atom. The Bertz CT molecular complexity index is 350. The zero-order valence-corrected chi connectivity index (χ0v) is 9.13. The summed E-state index contributed by atoms with van der Waals surface area (Å²) in [6.07, 6.45) is 1.58. The van der Waals surface area contributed by atoms with E-state index in [9.17, 15) is 4.79 Å². The molecule has 0 fully saturated rings. The summed E-state index contributed by atoms with van der Waals surface area (Å²) < 4.78 is 4.84. The van der Waals surface area contributed by atoms with E-state index in [0.29, 0.717) is 5.69 Å². The van der Waals surface area contributed by atoms with E-state index in [1.807, 2.05) is 19.9 Å². The highest BCUT2D eigenvalue weighted by molar-refractivity contribution is 6.20. The third kappa shape index (κ3) is 2.45. The lowest BCUT2D eigenvalue weighted by Gasteiger charge is -2.08. The zero-order valence-electron chi connectivity index (χ0n) is 8.37. The molecule has 1 rings (SSSR count). The number of esters is 1. The summed E-state index contributed by atoms with van der Waals surface area (Å²) in [5.74, 6) is -0.478. The Balaban J connectivity index is 2.96. The van der Waals surface area contributed by atoms with Gasteiger partial charge in [0.2, 0.25) is 0 Å². The normalized spacial score (nSPS) is 12.3. The lowest BCUT2D eigenvalue weighted by molar-refractivity contribution is 0.0464. The van der Waals surface area contributed by atoms with Crippen LogP contribution in [0.3, 0.4) is 0 Å². The van der Waals surface area contributed by atoms with Crippen LogP contribution in [0.1, 0.15) is 28.5 Å². The average Bonchev–Trinajstić information content (AvgIpc) is 2.08. The molecule has 1 unspecified atom stereocenters. The predicted octanol–water partition coefficient (Wildman–Crippen LogP) is 2.44. The maximum atomic E-state index is 11.5. The van der Waals surface area contributed by atoms with Crippen LogP contribution in [0.5, 0.6) is 0 Å². The van der Waals surface area contributed by atoms with Gasteiger partial charge in [-0.25, -0.2) is 9.78 Å². The van der Waals surface area contributed by atoms with E-state index < -0.39 is 11.5 Å². The minimum atomic E-state index is -0.635. The molecule has 14 heavy (non-hydrogen) atoms. The molecule has 1 heterocycles. The van der Waals surface area contributed by atoms with E-state index in [4.69, 9.17) is 16.3 Å². The van der Waals surface area contributed by atoms with Crippen LogP contribution in [0.4, 0.5) is 0 Å². The minimum absolute atomic E-state index is 0.331. The fourth-order valence-electron chi connectivity index (χ4n) is 1.04. The first-order valence-corrected chi connectivity index (χ1v) is 4.73. The summed E-state index contributed by atoms with van der Waals surface area (Å²) in [6.45, 7) is 5.33. The van der Waals surface area contributed by atoms with E-state index in [1.54, 1.807) is 13.1 Å². The quantitative estimate of drug-likeness (QED) is 0.560. The molecule has 0 saturated carbocycles. The fraction of sp³-hybridized carbons (Fsp3) is 0.400. The van der Waals surface area contributed by atoms with Gasteiger partial charge in [0.25, 0.3) is 0 Å². The van der Waals surface area contributed by atoms with Gasteiger partial charge in [-0.1, -0.05) is 11.6 Å². The molecule has 0 aromatic carbocycles. The number of pyridine rings is 1. The Morgan fingerprint density at radius 1 is 1.57 bits per heavy atom. The second-order valence-corrected chi connectivity index (χ2v) is 3.66. The summed E-state index contributed by atoms with van der Waals surface area (Å²) >= 11 is 5.54. The van der Waals surface area contributed by atoms with Gasteiger partial charge in [-0.3, -0.25) is 0 Å². The van der Waals surface area contributed by atoms with Crippen LogP contribution in [0.25, 0.3) is 0 Å². The monoisotopic (exact) mass is 213 g/mol. The molecule has 0 radical (unpaired) electrons. The summed E-state index contributed by atoms with van der Waals surface area (Å²) in [4.78, 5) is 15.4. The molecule has 1 aromatic heterocycles. The first kappa shape index (κ1) is 11.0. The Kier molecular flexibility index (Phi) is 3.47. The van der Waals surface area contributed by atoms with Crippen molar-refractivity contribution in [3.63, 3.8) is 0 Å². The van der Waals surface area contributed by atoms with Crippen molar-refractivity contribution in [2.24, 2.45) is 0 Å². The molecule has 0 amide bonds. The van der Waals surface area contributed by atoms with Gasteiger partial charge in [-0.15, -0.1) is 0 Å². The van der Waals surface area contributed by atoms with E-state index in [0.717, 1.165) is 11.1 Å². The Hall–Kier alpha value is -1.09. The number of aromatic nitrogens is 1. The largest absolute Gasteiger partial charge is 0.442 e. The second kappa shape index (κ2) is 4.42. The second-order valence-electron chi connectivity index (χ2n) is 3.05. The molecule has 0 saturated heterocycles. The van der Waals surface area contributed by atoms with Gasteiger partial charge in [-0.2, -0.15) is 0 Å². The predicted molar refractivity (Wildman–Crippen MR) is 54.4 cm³/mol. The number of halogens is 1. The molecule has 0 aliphatic heterocycles. The van der Waals surface area contributed by atoms with Gasteiger partial charge in [0.1, 0.15) is 0 Å². The maximum absolute atomic E-state index is 11.5. The number of carbonyl (C=O) groups is 1. The van der Waals surface area contributed by atoms with Gasteiger partial charge < -0.3 is 4.74 Å². The Labute approximate surface area is 88.1 Å². The molecule has 0 aliphatic carbocycles. The van der Waals surface area contributed by atoms with E-state index in [2.05, 4.69) is 4.98 Å². The highest BCUT2D eigenvalue weighted by atomic mass is 35.5.